The largest absolute Gasteiger partial charge is 0.362 e. The Balaban J connectivity index is 1.64. The average Bonchev–Trinajstić information content (AvgIpc) is 3.06. The van der Waals surface area contributed by atoms with Crippen molar-refractivity contribution in [2.24, 2.45) is 0 Å². The molecular formula is C22H25N5O. The number of rotatable bonds is 3. The van der Waals surface area contributed by atoms with E-state index in [9.17, 15) is 4.79 Å². The summed E-state index contributed by atoms with van der Waals surface area (Å²) in [6.45, 7) is 7.31. The highest BCUT2D eigenvalue weighted by Gasteiger charge is 2.29. The van der Waals surface area contributed by atoms with Crippen LogP contribution in [0.2, 0.25) is 0 Å². The monoisotopic (exact) mass is 375 g/mol. The zero-order valence-electron chi connectivity index (χ0n) is 16.6. The smallest absolute Gasteiger partial charge is 0.255 e. The number of nitrogens with zero attached hydrogens (tertiary/aromatic N) is 4. The molecule has 0 unspecified atom stereocenters. The third-order valence-electron chi connectivity index (χ3n) is 5.41. The third kappa shape index (κ3) is 3.54. The van der Waals surface area contributed by atoms with Crippen LogP contribution in [0.3, 0.4) is 0 Å². The zero-order valence-corrected chi connectivity index (χ0v) is 16.6. The lowest BCUT2D eigenvalue weighted by Crippen LogP contribution is -2.39. The summed E-state index contributed by atoms with van der Waals surface area (Å²) >= 11 is 0. The van der Waals surface area contributed by atoms with Crippen molar-refractivity contribution in [3.63, 3.8) is 0 Å². The molecule has 1 fully saturated rings. The predicted molar refractivity (Wildman–Crippen MR) is 108 cm³/mol. The molecule has 4 heterocycles. The maximum absolute atomic E-state index is 13.1. The quantitative estimate of drug-likeness (QED) is 0.755. The van der Waals surface area contributed by atoms with Gasteiger partial charge in [0.2, 0.25) is 0 Å². The number of likely N-dealkylation sites (tertiary alicyclic amines) is 1. The van der Waals surface area contributed by atoms with Gasteiger partial charge in [0.25, 0.3) is 5.91 Å². The zero-order chi connectivity index (χ0) is 19.7. The van der Waals surface area contributed by atoms with Crippen LogP contribution in [0.15, 0.2) is 36.8 Å². The topological polar surface area (TPSA) is 74.8 Å². The number of hydrogen-bond donors (Lipinski definition) is 1. The Morgan fingerprint density at radius 3 is 2.71 bits per heavy atom. The van der Waals surface area contributed by atoms with E-state index in [0.29, 0.717) is 6.54 Å². The van der Waals surface area contributed by atoms with Crippen molar-refractivity contribution in [1.82, 2.24) is 24.8 Å². The van der Waals surface area contributed by atoms with Gasteiger partial charge in [0.1, 0.15) is 5.82 Å². The van der Waals surface area contributed by atoms with Gasteiger partial charge in [-0.15, -0.1) is 0 Å². The molecule has 1 saturated heterocycles. The Labute approximate surface area is 165 Å². The first-order chi connectivity index (χ1) is 13.5. The Hall–Kier alpha value is -3.02. The first-order valence-corrected chi connectivity index (χ1v) is 9.72. The minimum atomic E-state index is 0.0998. The molecule has 0 radical (unpaired) electrons. The van der Waals surface area contributed by atoms with Crippen LogP contribution in [0, 0.1) is 20.8 Å². The number of nitrogens with one attached hydrogen (secondary N) is 1. The molecule has 144 valence electrons. The molecule has 1 N–H and O–H groups in total. The van der Waals surface area contributed by atoms with E-state index in [0.717, 1.165) is 59.0 Å². The number of piperidine rings is 1. The molecule has 0 spiro atoms. The average molecular weight is 375 g/mol. The van der Waals surface area contributed by atoms with Gasteiger partial charge in [0.15, 0.2) is 0 Å². The van der Waals surface area contributed by atoms with Gasteiger partial charge >= 0.3 is 0 Å². The maximum atomic E-state index is 13.1. The first kappa shape index (κ1) is 18.3. The van der Waals surface area contributed by atoms with Crippen molar-refractivity contribution in [3.8, 4) is 11.1 Å². The molecule has 1 aliphatic rings. The Kier molecular flexibility index (Phi) is 4.94. The number of aromatic amines is 1. The second-order valence-corrected chi connectivity index (χ2v) is 7.53. The Bertz CT molecular complexity index is 995. The Morgan fingerprint density at radius 1 is 1.21 bits per heavy atom. The fraction of sp³-hybridized carbons (Fsp3) is 0.364. The molecule has 1 atom stereocenters. The predicted octanol–water partition coefficient (Wildman–Crippen LogP) is 3.81. The minimum Gasteiger partial charge on any atom is -0.362 e. The van der Waals surface area contributed by atoms with E-state index >= 15 is 0 Å². The van der Waals surface area contributed by atoms with Crippen molar-refractivity contribution >= 4 is 5.91 Å². The van der Waals surface area contributed by atoms with Crippen molar-refractivity contribution in [2.75, 3.05) is 13.1 Å². The fourth-order valence-corrected chi connectivity index (χ4v) is 4.05. The second-order valence-electron chi connectivity index (χ2n) is 7.53. The van der Waals surface area contributed by atoms with E-state index in [2.05, 4.69) is 15.0 Å². The lowest BCUT2D eigenvalue weighted by molar-refractivity contribution is 0.0705. The number of carbonyl (C=O) groups excluding carboxylic acids is 1. The normalized spacial score (nSPS) is 17.0. The van der Waals surface area contributed by atoms with Crippen molar-refractivity contribution in [1.29, 1.82) is 0 Å². The molecule has 28 heavy (non-hydrogen) atoms. The van der Waals surface area contributed by atoms with Crippen LogP contribution in [0.1, 0.15) is 52.0 Å². The molecule has 4 rings (SSSR count). The van der Waals surface area contributed by atoms with Crippen LogP contribution in [-0.4, -0.2) is 43.8 Å². The summed E-state index contributed by atoms with van der Waals surface area (Å²) in [4.78, 5) is 31.6. The van der Waals surface area contributed by atoms with Gasteiger partial charge in [-0.25, -0.2) is 9.97 Å². The van der Waals surface area contributed by atoms with Gasteiger partial charge < -0.3 is 9.88 Å². The standard InChI is InChI=1S/C22H25N5O/c1-14-11-19(15(2)25-14)22(28)27-10-4-5-18(13-27)21-20(12-24-16(3)26-21)17-6-8-23-9-7-17/h6-9,11-12,18,25H,4-5,10,13H2,1-3H3/t18-/m1/s1. The van der Waals surface area contributed by atoms with Crippen molar-refractivity contribution in [2.45, 2.75) is 39.5 Å². The highest BCUT2D eigenvalue weighted by atomic mass is 16.2. The molecule has 0 bridgehead atoms. The molecule has 6 nitrogen and oxygen atoms in total. The highest BCUT2D eigenvalue weighted by Crippen LogP contribution is 2.33. The Morgan fingerprint density at radius 2 is 2.00 bits per heavy atom. The van der Waals surface area contributed by atoms with Gasteiger partial charge in [0.05, 0.1) is 11.3 Å². The third-order valence-corrected chi connectivity index (χ3v) is 5.41. The number of hydrogen-bond acceptors (Lipinski definition) is 4. The van der Waals surface area contributed by atoms with E-state index in [1.165, 1.54) is 0 Å². The maximum Gasteiger partial charge on any atom is 0.255 e. The van der Waals surface area contributed by atoms with Crippen LogP contribution in [-0.2, 0) is 0 Å². The highest BCUT2D eigenvalue weighted by molar-refractivity contribution is 5.95. The summed E-state index contributed by atoms with van der Waals surface area (Å²) in [7, 11) is 0. The first-order valence-electron chi connectivity index (χ1n) is 9.72. The van der Waals surface area contributed by atoms with Crippen LogP contribution in [0.4, 0.5) is 0 Å². The van der Waals surface area contributed by atoms with E-state index < -0.39 is 0 Å². The van der Waals surface area contributed by atoms with Gasteiger partial charge in [-0.1, -0.05) is 0 Å². The lowest BCUT2D eigenvalue weighted by atomic mass is 9.89. The number of carbonyl (C=O) groups is 1. The van der Waals surface area contributed by atoms with Crippen LogP contribution < -0.4 is 0 Å². The number of pyridine rings is 1. The SMILES string of the molecule is Cc1ncc(-c2ccncc2)c([C@@H]2CCCN(C(=O)c3cc(C)[nH]c3C)C2)n1. The van der Waals surface area contributed by atoms with Gasteiger partial charge in [0, 0.05) is 54.5 Å². The van der Waals surface area contributed by atoms with Gasteiger partial charge in [-0.05, 0) is 57.4 Å². The number of aromatic nitrogens is 4. The molecule has 0 aliphatic carbocycles. The molecule has 3 aromatic rings. The summed E-state index contributed by atoms with van der Waals surface area (Å²) in [5.41, 5.74) is 5.83. The molecule has 0 saturated carbocycles. The number of amides is 1. The molecule has 3 aromatic heterocycles. The second kappa shape index (κ2) is 7.54. The van der Waals surface area contributed by atoms with Crippen LogP contribution >= 0.6 is 0 Å². The van der Waals surface area contributed by atoms with Crippen molar-refractivity contribution in [3.05, 3.63) is 65.3 Å². The summed E-state index contributed by atoms with van der Waals surface area (Å²) in [5, 5.41) is 0. The molecule has 1 amide bonds. The number of H-pyrrole nitrogens is 1. The van der Waals surface area contributed by atoms with Gasteiger partial charge in [-0.2, -0.15) is 0 Å². The molecule has 0 aromatic carbocycles. The van der Waals surface area contributed by atoms with Crippen LogP contribution in [0.5, 0.6) is 0 Å². The van der Waals surface area contributed by atoms with E-state index in [1.54, 1.807) is 12.4 Å². The molecule has 1 aliphatic heterocycles. The summed E-state index contributed by atoms with van der Waals surface area (Å²) in [6.07, 6.45) is 7.45. The molecular weight excluding hydrogens is 350 g/mol. The number of aryl methyl sites for hydroxylation is 3. The summed E-state index contributed by atoms with van der Waals surface area (Å²) in [6, 6.07) is 5.91. The van der Waals surface area contributed by atoms with Crippen molar-refractivity contribution < 1.29 is 4.79 Å². The lowest BCUT2D eigenvalue weighted by Gasteiger charge is -2.33. The fourth-order valence-electron chi connectivity index (χ4n) is 4.05. The van der Waals surface area contributed by atoms with Gasteiger partial charge in [-0.3, -0.25) is 9.78 Å². The summed E-state index contributed by atoms with van der Waals surface area (Å²) < 4.78 is 0. The van der Waals surface area contributed by atoms with E-state index in [1.807, 2.05) is 50.1 Å². The van der Waals surface area contributed by atoms with E-state index in [4.69, 9.17) is 4.98 Å². The summed E-state index contributed by atoms with van der Waals surface area (Å²) in [5.74, 6) is 1.05. The minimum absolute atomic E-state index is 0.0998. The van der Waals surface area contributed by atoms with E-state index in [-0.39, 0.29) is 11.8 Å². The molecule has 6 heteroatoms. The van der Waals surface area contributed by atoms with Crippen LogP contribution in [0.25, 0.3) is 11.1 Å².